The summed E-state index contributed by atoms with van der Waals surface area (Å²) < 4.78 is 1.37. The molecule has 0 heterocycles. The normalized spacial score (nSPS) is 18.6. The Balaban J connectivity index is 0.00000128. The molecule has 0 bridgehead atoms. The topological polar surface area (TPSA) is 0 Å². The maximum atomic E-state index is 2.51. The molecule has 3 aromatic rings. The molecule has 2 aliphatic rings. The first kappa shape index (κ1) is 23.7. The third-order valence-electron chi connectivity index (χ3n) is 5.83. The van der Waals surface area contributed by atoms with Gasteiger partial charge < -0.3 is 24.8 Å². The second-order valence-electron chi connectivity index (χ2n) is 7.72. The van der Waals surface area contributed by atoms with Crippen molar-refractivity contribution in [3.05, 3.63) is 112 Å². The summed E-state index contributed by atoms with van der Waals surface area (Å²) in [5.74, 6) is 0. The Morgan fingerprint density at radius 2 is 1.23 bits per heavy atom. The van der Waals surface area contributed by atoms with Crippen LogP contribution in [0.1, 0.15) is 42.0 Å². The molecule has 2 aliphatic carbocycles. The van der Waals surface area contributed by atoms with Gasteiger partial charge in [0, 0.05) is 0 Å². The molecule has 0 fully saturated rings. The van der Waals surface area contributed by atoms with Crippen LogP contribution in [0.15, 0.2) is 83.7 Å². The van der Waals surface area contributed by atoms with Crippen LogP contribution in [-0.2, 0) is 23.2 Å². The number of halogens is 2. The van der Waals surface area contributed by atoms with Crippen molar-refractivity contribution >= 4 is 26.0 Å². The Kier molecular flexibility index (Phi) is 7.98. The van der Waals surface area contributed by atoms with Gasteiger partial charge >= 0.3 is 182 Å². The first-order chi connectivity index (χ1) is 13.7. The van der Waals surface area contributed by atoms with E-state index in [2.05, 4.69) is 98.8 Å². The maximum Gasteiger partial charge on any atom is -1.00 e. The van der Waals surface area contributed by atoms with E-state index in [1.165, 1.54) is 22.0 Å². The molecule has 0 spiro atoms. The number of fused-ring (bicyclic) bond motifs is 2. The Labute approximate surface area is 205 Å². The first-order valence-electron chi connectivity index (χ1n) is 9.87. The van der Waals surface area contributed by atoms with Gasteiger partial charge in [0.1, 0.15) is 0 Å². The summed E-state index contributed by atoms with van der Waals surface area (Å²) in [6.45, 7) is 4.60. The monoisotopic (exact) mass is 526 g/mol. The number of rotatable bonds is 4. The Hall–Kier alpha value is -0.967. The Bertz CT molecular complexity index is 1120. The number of hydrogen-bond acceptors (Lipinski definition) is 0. The summed E-state index contributed by atoms with van der Waals surface area (Å²) in [7, 11) is 0.786. The van der Waals surface area contributed by atoms with Crippen LogP contribution in [0.2, 0.25) is 0 Å². The van der Waals surface area contributed by atoms with Crippen molar-refractivity contribution in [2.24, 2.45) is 0 Å². The van der Waals surface area contributed by atoms with Crippen LogP contribution in [0.25, 0.3) is 12.2 Å². The number of hydrogen-bond donors (Lipinski definition) is 0. The van der Waals surface area contributed by atoms with Gasteiger partial charge in [-0.05, 0) is 0 Å². The van der Waals surface area contributed by atoms with Crippen molar-refractivity contribution in [1.29, 1.82) is 0 Å². The molecule has 0 N–H and O–H groups in total. The van der Waals surface area contributed by atoms with Crippen LogP contribution in [0.3, 0.4) is 0 Å². The van der Waals surface area contributed by atoms with E-state index in [0.717, 1.165) is 8.58 Å². The van der Waals surface area contributed by atoms with Crippen LogP contribution in [-0.4, -0.2) is 0 Å². The van der Waals surface area contributed by atoms with Gasteiger partial charge in [0.15, 0.2) is 0 Å². The molecule has 3 unspecified atom stereocenters. The van der Waals surface area contributed by atoms with Crippen LogP contribution in [0.4, 0.5) is 0 Å². The fraction of sp³-hybridized carbons (Fsp3) is 0.154. The van der Waals surface area contributed by atoms with Gasteiger partial charge in [-0.25, -0.2) is 0 Å². The summed E-state index contributed by atoms with van der Waals surface area (Å²) in [6, 6.07) is 27.0. The summed E-state index contributed by atoms with van der Waals surface area (Å²) in [5, 5.41) is 3.17. The van der Waals surface area contributed by atoms with E-state index in [1.807, 2.05) is 0 Å². The largest absolute Gasteiger partial charge is 1.00 e. The molecule has 0 saturated carbocycles. The third kappa shape index (κ3) is 4.47. The van der Waals surface area contributed by atoms with E-state index in [0.29, 0.717) is 7.25 Å². The van der Waals surface area contributed by atoms with Crippen LogP contribution in [0, 0.1) is 6.92 Å². The summed E-state index contributed by atoms with van der Waals surface area (Å²) in [4.78, 5) is 0. The smallest absolute Gasteiger partial charge is 1.00 e. The minimum Gasteiger partial charge on any atom is -1.00 e. The number of aryl methyl sites for hydroxylation is 1. The van der Waals surface area contributed by atoms with Gasteiger partial charge in [0.05, 0.1) is 0 Å². The molecule has 0 aliphatic heterocycles. The molecule has 0 nitrogen and oxygen atoms in total. The van der Waals surface area contributed by atoms with Crippen molar-refractivity contribution in [2.45, 2.75) is 21.1 Å². The SMILES string of the molecule is CC1=Cc2ccccc2[CH]1[Zr+2][CH]1C(Pc2ccccc2C)=Cc2ccccc21.[Cl-].[Cl-]. The van der Waals surface area contributed by atoms with Crippen molar-refractivity contribution < 1.29 is 48.0 Å². The van der Waals surface area contributed by atoms with Crippen molar-refractivity contribution in [2.75, 3.05) is 0 Å². The molecule has 0 aromatic heterocycles. The van der Waals surface area contributed by atoms with E-state index in [1.54, 1.807) is 22.0 Å². The van der Waals surface area contributed by atoms with Crippen LogP contribution in [0.5, 0.6) is 0 Å². The number of benzene rings is 3. The fourth-order valence-electron chi connectivity index (χ4n) is 4.35. The van der Waals surface area contributed by atoms with Gasteiger partial charge in [-0.3, -0.25) is 0 Å². The third-order valence-corrected chi connectivity index (χ3v) is 13.1. The molecular formula is C26H23Cl2PZr. The zero-order valence-corrected chi connectivity index (χ0v) is 22.0. The fourth-order valence-corrected chi connectivity index (χ4v) is 11.2. The predicted molar refractivity (Wildman–Crippen MR) is 119 cm³/mol. The second-order valence-corrected chi connectivity index (χ2v) is 12.7. The van der Waals surface area contributed by atoms with E-state index in [4.69, 9.17) is 0 Å². The van der Waals surface area contributed by atoms with E-state index < -0.39 is 23.2 Å². The standard InChI is InChI=1S/C16H14P.C10H9.2ClH.Zr/c1-12-6-2-5-9-16(12)17-15-10-13-7-3-4-8-14(13)11-15;1-8-6-9-4-2-3-5-10(9)7-8;;;/h2-11,17H,1H3;2-7H,1H3;2*1H;/q;;;;+2/p-2. The van der Waals surface area contributed by atoms with Gasteiger partial charge in [-0.15, -0.1) is 0 Å². The van der Waals surface area contributed by atoms with E-state index >= 15 is 0 Å². The zero-order valence-electron chi connectivity index (χ0n) is 17.0. The summed E-state index contributed by atoms with van der Waals surface area (Å²) >= 11 is -0.758. The molecule has 0 saturated heterocycles. The van der Waals surface area contributed by atoms with Crippen LogP contribution < -0.4 is 30.1 Å². The summed E-state index contributed by atoms with van der Waals surface area (Å²) in [6.07, 6.45) is 4.93. The molecule has 0 amide bonds. The molecule has 3 atom stereocenters. The Morgan fingerprint density at radius 1 is 0.667 bits per heavy atom. The molecular weight excluding hydrogens is 505 g/mol. The van der Waals surface area contributed by atoms with Gasteiger partial charge in [0.2, 0.25) is 0 Å². The van der Waals surface area contributed by atoms with E-state index in [-0.39, 0.29) is 24.8 Å². The second kappa shape index (κ2) is 10.1. The summed E-state index contributed by atoms with van der Waals surface area (Å²) in [5.41, 5.74) is 9.07. The maximum absolute atomic E-state index is 2.51. The molecule has 3 aromatic carbocycles. The van der Waals surface area contributed by atoms with Gasteiger partial charge in [0.25, 0.3) is 0 Å². The molecule has 4 heteroatoms. The van der Waals surface area contributed by atoms with Crippen molar-refractivity contribution in [3.63, 3.8) is 0 Å². The van der Waals surface area contributed by atoms with E-state index in [9.17, 15) is 0 Å². The molecule has 150 valence electrons. The van der Waals surface area contributed by atoms with Gasteiger partial charge in [-0.2, -0.15) is 0 Å². The van der Waals surface area contributed by atoms with Gasteiger partial charge in [-0.1, -0.05) is 0 Å². The molecule has 0 radical (unpaired) electrons. The number of allylic oxidation sites excluding steroid dienone is 2. The molecule has 30 heavy (non-hydrogen) atoms. The van der Waals surface area contributed by atoms with Crippen LogP contribution >= 0.6 is 8.58 Å². The molecule has 5 rings (SSSR count). The van der Waals surface area contributed by atoms with Crippen molar-refractivity contribution in [1.82, 2.24) is 0 Å². The minimum atomic E-state index is -0.758. The minimum absolute atomic E-state index is 0. The first-order valence-corrected chi connectivity index (χ1v) is 13.7. The average Bonchev–Trinajstić information content (AvgIpc) is 3.21. The zero-order chi connectivity index (χ0) is 19.1. The predicted octanol–water partition coefficient (Wildman–Crippen LogP) is 0.643. The van der Waals surface area contributed by atoms with Crippen molar-refractivity contribution in [3.8, 4) is 0 Å². The Morgan fingerprint density at radius 3 is 1.93 bits per heavy atom. The average molecular weight is 529 g/mol. The quantitative estimate of drug-likeness (QED) is 0.437.